The van der Waals surface area contributed by atoms with Crippen LogP contribution in [0.1, 0.15) is 32.1 Å². The van der Waals surface area contributed by atoms with Gasteiger partial charge < -0.3 is 19.4 Å². The maximum atomic E-state index is 12.7. The molecule has 0 atom stereocenters. The van der Waals surface area contributed by atoms with E-state index in [1.165, 1.54) is 0 Å². The molecule has 4 rings (SSSR count). The van der Waals surface area contributed by atoms with Gasteiger partial charge >= 0.3 is 51.4 Å². The molecule has 0 aliphatic carbocycles. The van der Waals surface area contributed by atoms with E-state index >= 15 is 0 Å². The summed E-state index contributed by atoms with van der Waals surface area (Å²) in [7, 11) is 0. The van der Waals surface area contributed by atoms with Gasteiger partial charge in [0.05, 0.1) is 0 Å². The number of hydrogen-bond donors (Lipinski definition) is 0. The number of carbonyl (C=O) groups excluding carboxylic acids is 1. The van der Waals surface area contributed by atoms with Crippen molar-refractivity contribution >= 4 is 46.3 Å². The summed E-state index contributed by atoms with van der Waals surface area (Å²) < 4.78 is 1.92. The van der Waals surface area contributed by atoms with Crippen molar-refractivity contribution in [2.75, 3.05) is 31.1 Å². The van der Waals surface area contributed by atoms with Crippen LogP contribution >= 0.6 is 23.8 Å². The zero-order valence-corrected chi connectivity index (χ0v) is 24.3. The van der Waals surface area contributed by atoms with Crippen molar-refractivity contribution in [2.24, 2.45) is 0 Å². The molecule has 0 saturated carbocycles. The Morgan fingerprint density at radius 1 is 0.971 bits per heavy atom. The molecule has 34 heavy (non-hydrogen) atoms. The van der Waals surface area contributed by atoms with Crippen LogP contribution in [-0.2, 0) is 11.3 Å². The SMILES string of the molecule is O=C(CCCCCCn1c(=S)[n-]c2ccccc2c1=O)N1CCN(c2cccc(Cl)c2)CC1.[K+]. The van der Waals surface area contributed by atoms with Crippen molar-refractivity contribution in [1.82, 2.24) is 14.5 Å². The molecule has 0 spiro atoms. The maximum absolute atomic E-state index is 12.7. The summed E-state index contributed by atoms with van der Waals surface area (Å²) in [6.45, 7) is 3.69. The fourth-order valence-corrected chi connectivity index (χ4v) is 4.75. The van der Waals surface area contributed by atoms with E-state index < -0.39 is 0 Å². The quantitative estimate of drug-likeness (QED) is 0.256. The molecule has 6 nitrogen and oxygen atoms in total. The van der Waals surface area contributed by atoms with E-state index in [2.05, 4.69) is 16.0 Å². The monoisotopic (exact) mass is 522 g/mol. The first-order chi connectivity index (χ1) is 16.0. The number of rotatable bonds is 8. The smallest absolute Gasteiger partial charge is 0.426 e. The van der Waals surface area contributed by atoms with Gasteiger partial charge in [-0.25, -0.2) is 0 Å². The minimum Gasteiger partial charge on any atom is -0.426 e. The van der Waals surface area contributed by atoms with E-state index in [1.54, 1.807) is 10.6 Å². The minimum atomic E-state index is -0.0716. The predicted molar refractivity (Wildman–Crippen MR) is 136 cm³/mol. The number of benzene rings is 2. The van der Waals surface area contributed by atoms with Gasteiger partial charge in [0.25, 0.3) is 0 Å². The molecule has 1 aromatic heterocycles. The van der Waals surface area contributed by atoms with E-state index in [9.17, 15) is 9.59 Å². The maximum Gasteiger partial charge on any atom is 1.00 e. The number of carbonyl (C=O) groups is 1. The van der Waals surface area contributed by atoms with Gasteiger partial charge in [-0.1, -0.05) is 73.4 Å². The molecular weight excluding hydrogens is 495 g/mol. The van der Waals surface area contributed by atoms with Crippen LogP contribution in [0.4, 0.5) is 5.69 Å². The number of nitrogens with zero attached hydrogens (tertiary/aromatic N) is 4. The molecule has 0 N–H and O–H groups in total. The third-order valence-corrected chi connectivity index (χ3v) is 6.70. The van der Waals surface area contributed by atoms with Crippen molar-refractivity contribution in [3.63, 3.8) is 0 Å². The summed E-state index contributed by atoms with van der Waals surface area (Å²) in [5.41, 5.74) is 1.69. The van der Waals surface area contributed by atoms with Gasteiger partial charge in [-0.3, -0.25) is 9.59 Å². The first-order valence-electron chi connectivity index (χ1n) is 11.5. The van der Waals surface area contributed by atoms with Crippen LogP contribution in [0.2, 0.25) is 5.02 Å². The Kier molecular flexibility index (Phi) is 10.8. The van der Waals surface area contributed by atoms with E-state index in [4.69, 9.17) is 23.8 Å². The molecule has 2 aromatic carbocycles. The Labute approximate surface area is 252 Å². The fourth-order valence-electron chi connectivity index (χ4n) is 4.29. The summed E-state index contributed by atoms with van der Waals surface area (Å²) in [6, 6.07) is 15.1. The van der Waals surface area contributed by atoms with Gasteiger partial charge in [-0.15, -0.1) is 0 Å². The van der Waals surface area contributed by atoms with Gasteiger partial charge in [-0.2, -0.15) is 0 Å². The number of piperazine rings is 1. The van der Waals surface area contributed by atoms with Crippen LogP contribution in [0.25, 0.3) is 10.9 Å². The van der Waals surface area contributed by atoms with Crippen molar-refractivity contribution in [2.45, 2.75) is 38.6 Å². The number of para-hydroxylation sites is 1. The molecule has 2 heterocycles. The summed E-state index contributed by atoms with van der Waals surface area (Å²) in [4.78, 5) is 33.8. The molecule has 3 aromatic rings. The summed E-state index contributed by atoms with van der Waals surface area (Å²) in [6.07, 6.45) is 4.18. The Morgan fingerprint density at radius 3 is 2.47 bits per heavy atom. The summed E-state index contributed by atoms with van der Waals surface area (Å²) >= 11 is 11.4. The fraction of sp³-hybridized carbons (Fsp3) is 0.400. The second-order valence-electron chi connectivity index (χ2n) is 8.38. The Bertz CT molecular complexity index is 1240. The first kappa shape index (κ1) is 27.6. The molecule has 1 aliphatic heterocycles. The first-order valence-corrected chi connectivity index (χ1v) is 12.3. The third-order valence-electron chi connectivity index (χ3n) is 6.15. The van der Waals surface area contributed by atoms with Gasteiger partial charge in [-0.05, 0) is 36.7 Å². The standard InChI is InChI=1S/C25H29ClN4O2S.K/c26-19-8-7-9-20(18-19)28-14-16-29(17-15-28)23(31)12-3-1-2-6-13-30-24(32)21-10-4-5-11-22(21)27-25(30)33;/h4-5,7-11,18H,1-3,6,12-17H2,(H,27,32,33);/q;+1/p-1. The number of aromatic nitrogens is 2. The number of hydrogen-bond acceptors (Lipinski definition) is 4. The van der Waals surface area contributed by atoms with Crippen molar-refractivity contribution in [3.05, 3.63) is 68.7 Å². The van der Waals surface area contributed by atoms with Gasteiger partial charge in [0.2, 0.25) is 5.91 Å². The van der Waals surface area contributed by atoms with Crippen molar-refractivity contribution in [1.29, 1.82) is 0 Å². The van der Waals surface area contributed by atoms with Crippen LogP contribution in [0.5, 0.6) is 0 Å². The third kappa shape index (κ3) is 7.03. The Balaban J connectivity index is 0.00000324. The number of amides is 1. The molecule has 0 unspecified atom stereocenters. The normalized spacial score (nSPS) is 13.7. The molecule has 0 radical (unpaired) electrons. The molecule has 1 fully saturated rings. The predicted octanol–water partition coefficient (Wildman–Crippen LogP) is 1.64. The molecule has 1 amide bonds. The van der Waals surface area contributed by atoms with Crippen molar-refractivity contribution in [3.8, 4) is 0 Å². The molecule has 1 saturated heterocycles. The number of unbranched alkanes of at least 4 members (excludes halogenated alkanes) is 3. The zero-order chi connectivity index (χ0) is 23.2. The average Bonchev–Trinajstić information content (AvgIpc) is 2.83. The second kappa shape index (κ2) is 13.3. The van der Waals surface area contributed by atoms with Crippen LogP contribution < -0.4 is 66.8 Å². The largest absolute Gasteiger partial charge is 1.00 e. The van der Waals surface area contributed by atoms with Crippen LogP contribution in [-0.4, -0.2) is 41.6 Å². The Morgan fingerprint density at radius 2 is 1.71 bits per heavy atom. The second-order valence-corrected chi connectivity index (χ2v) is 9.18. The number of fused-ring (bicyclic) bond motifs is 1. The van der Waals surface area contributed by atoms with Gasteiger partial charge in [0, 0.05) is 53.5 Å². The van der Waals surface area contributed by atoms with E-state index in [1.807, 2.05) is 41.3 Å². The summed E-state index contributed by atoms with van der Waals surface area (Å²) in [5, 5.41) is 1.34. The van der Waals surface area contributed by atoms with Crippen LogP contribution in [0.15, 0.2) is 53.3 Å². The molecule has 1 aliphatic rings. The van der Waals surface area contributed by atoms with Crippen molar-refractivity contribution < 1.29 is 56.2 Å². The molecular formula is C25H28ClKN4O2S. The minimum absolute atomic E-state index is 0. The Hall–Kier alpha value is -1.00. The zero-order valence-electron chi connectivity index (χ0n) is 19.6. The number of anilines is 1. The van der Waals surface area contributed by atoms with E-state index in [-0.39, 0.29) is 62.9 Å². The molecule has 174 valence electrons. The molecule has 9 heteroatoms. The number of halogens is 1. The van der Waals surface area contributed by atoms with E-state index in [0.717, 1.165) is 62.6 Å². The average molecular weight is 523 g/mol. The summed E-state index contributed by atoms with van der Waals surface area (Å²) in [5.74, 6) is 0.225. The van der Waals surface area contributed by atoms with Crippen LogP contribution in [0.3, 0.4) is 0 Å². The van der Waals surface area contributed by atoms with Gasteiger partial charge in [0.1, 0.15) is 0 Å². The van der Waals surface area contributed by atoms with E-state index in [0.29, 0.717) is 28.6 Å². The van der Waals surface area contributed by atoms with Gasteiger partial charge in [0.15, 0.2) is 5.56 Å². The topological polar surface area (TPSA) is 59.7 Å². The van der Waals surface area contributed by atoms with Crippen LogP contribution in [0, 0.1) is 4.77 Å². The molecule has 0 bridgehead atoms.